The minimum atomic E-state index is -0.685. The van der Waals surface area contributed by atoms with Gasteiger partial charge in [-0.2, -0.15) is 0 Å². The first kappa shape index (κ1) is 26.0. The van der Waals surface area contributed by atoms with Gasteiger partial charge in [-0.25, -0.2) is 0 Å². The Labute approximate surface area is 179 Å². The van der Waals surface area contributed by atoms with Crippen molar-refractivity contribution in [3.8, 4) is 0 Å². The molecule has 0 spiro atoms. The van der Waals surface area contributed by atoms with Gasteiger partial charge in [-0.15, -0.1) is 0 Å². The van der Waals surface area contributed by atoms with Crippen molar-refractivity contribution in [2.45, 2.75) is 99.1 Å². The lowest BCUT2D eigenvalue weighted by atomic mass is 9.66. The van der Waals surface area contributed by atoms with Gasteiger partial charge in [-0.05, 0) is 57.3 Å². The molecule has 1 aliphatic heterocycles. The predicted molar refractivity (Wildman–Crippen MR) is 121 cm³/mol. The Morgan fingerprint density at radius 1 is 1.14 bits per heavy atom. The number of Topliss-reactive ketones (excluding diaryl/α,β-unsaturated/α-hetero) is 1. The Morgan fingerprint density at radius 2 is 1.72 bits per heavy atom. The first-order valence-corrected chi connectivity index (χ1v) is 11.1. The highest BCUT2D eigenvalue weighted by Gasteiger charge is 2.44. The summed E-state index contributed by atoms with van der Waals surface area (Å²) in [5.41, 5.74) is -1.13. The van der Waals surface area contributed by atoms with E-state index in [-0.39, 0.29) is 35.6 Å². The van der Waals surface area contributed by atoms with Gasteiger partial charge >= 0.3 is 0 Å². The van der Waals surface area contributed by atoms with Crippen LogP contribution in [0.25, 0.3) is 0 Å². The monoisotopic (exact) mass is 406 g/mol. The maximum atomic E-state index is 13.4. The van der Waals surface area contributed by atoms with Gasteiger partial charge in [0.1, 0.15) is 17.8 Å². The van der Waals surface area contributed by atoms with Crippen molar-refractivity contribution >= 4 is 25.2 Å². The molecule has 1 fully saturated rings. The van der Waals surface area contributed by atoms with Crippen molar-refractivity contribution in [1.82, 2.24) is 10.1 Å². The number of nitrogens with one attached hydrogen (secondary N) is 1. The zero-order valence-electron chi connectivity index (χ0n) is 20.3. The van der Waals surface area contributed by atoms with Crippen LogP contribution >= 0.6 is 0 Å². The van der Waals surface area contributed by atoms with Crippen LogP contribution in [0.4, 0.5) is 0 Å². The molecule has 0 aromatic heterocycles. The van der Waals surface area contributed by atoms with Crippen LogP contribution < -0.4 is 5.23 Å². The highest BCUT2D eigenvalue weighted by molar-refractivity contribution is 6.74. The molecule has 0 bridgehead atoms. The topological polar surface area (TPSA) is 66.5 Å². The summed E-state index contributed by atoms with van der Waals surface area (Å²) in [6.07, 6.45) is 4.21. The molecule has 1 heterocycles. The lowest BCUT2D eigenvalue weighted by Crippen LogP contribution is -2.62. The third-order valence-electron chi connectivity index (χ3n) is 7.15. The summed E-state index contributed by atoms with van der Waals surface area (Å²) in [5.74, 6) is -0.0347. The fourth-order valence-electron chi connectivity index (χ4n) is 5.09. The van der Waals surface area contributed by atoms with Crippen molar-refractivity contribution in [2.75, 3.05) is 13.1 Å². The number of hydrogen-bond donors (Lipinski definition) is 1. The predicted octanol–water partition coefficient (Wildman–Crippen LogP) is 3.34. The van der Waals surface area contributed by atoms with Gasteiger partial charge in [0.15, 0.2) is 0 Å². The van der Waals surface area contributed by atoms with E-state index in [0.29, 0.717) is 19.4 Å². The summed E-state index contributed by atoms with van der Waals surface area (Å²) in [6.45, 7) is 19.8. The van der Waals surface area contributed by atoms with E-state index in [0.717, 1.165) is 25.7 Å². The number of likely N-dealkylation sites (tertiary alicyclic amines) is 1. The van der Waals surface area contributed by atoms with Crippen molar-refractivity contribution < 1.29 is 14.4 Å². The molecule has 0 radical (unpaired) electrons. The molecule has 0 aliphatic carbocycles. The maximum Gasteiger partial charge on any atom is 0.286 e. The zero-order chi connectivity index (χ0) is 22.7. The molecule has 29 heavy (non-hydrogen) atoms. The number of carbonyl (C=O) groups is 3. The fraction of sp³-hybridized carbons (Fsp3) is 0.870. The number of aldehydes is 1. The van der Waals surface area contributed by atoms with E-state index in [1.807, 2.05) is 27.7 Å². The van der Waals surface area contributed by atoms with Crippen LogP contribution in [0.15, 0.2) is 0 Å². The molecule has 1 N–H and O–H groups in total. The lowest BCUT2D eigenvalue weighted by molar-refractivity contribution is -0.128. The van der Waals surface area contributed by atoms with Crippen LogP contribution in [0.5, 0.6) is 0 Å². The van der Waals surface area contributed by atoms with Crippen LogP contribution in [0.2, 0.25) is 0 Å². The molecule has 6 heteroatoms. The number of carbonyl (C=O) groups excluding carboxylic acids is 3. The molecule has 0 aromatic rings. The highest BCUT2D eigenvalue weighted by atomic mass is 16.1. The number of hydrogen-bond acceptors (Lipinski definition) is 5. The second-order valence-electron chi connectivity index (χ2n) is 11.1. The fourth-order valence-corrected chi connectivity index (χ4v) is 5.09. The van der Waals surface area contributed by atoms with E-state index in [1.165, 1.54) is 0 Å². The van der Waals surface area contributed by atoms with E-state index in [1.54, 1.807) is 6.92 Å². The highest BCUT2D eigenvalue weighted by Crippen LogP contribution is 2.42. The number of ketones is 1. The molecule has 1 saturated heterocycles. The molecule has 5 nitrogen and oxygen atoms in total. The Kier molecular flexibility index (Phi) is 8.46. The van der Waals surface area contributed by atoms with Gasteiger partial charge in [0.2, 0.25) is 0 Å². The van der Waals surface area contributed by atoms with Crippen molar-refractivity contribution in [2.24, 2.45) is 16.7 Å². The van der Waals surface area contributed by atoms with Crippen LogP contribution in [0.3, 0.4) is 0 Å². The molecular weight excluding hydrogens is 363 g/mol. The lowest BCUT2D eigenvalue weighted by Gasteiger charge is -2.49. The van der Waals surface area contributed by atoms with Gasteiger partial charge in [-0.3, -0.25) is 9.69 Å². The standard InChI is InChI=1S/C23H43BN2O3/c1-10-22(8,17(3)28)25-24-19(29)23(9,11-2)26-13-18(14-27)12-20(4,5)15-21(6,7)16-26/h14,18,24-25H,10-13,15-16H2,1-9H3. The van der Waals surface area contributed by atoms with Gasteiger partial charge in [0.25, 0.3) is 7.41 Å². The van der Waals surface area contributed by atoms with Crippen molar-refractivity contribution in [1.29, 1.82) is 0 Å². The smallest absolute Gasteiger partial charge is 0.286 e. The molecule has 0 saturated carbocycles. The third-order valence-corrected chi connectivity index (χ3v) is 7.15. The van der Waals surface area contributed by atoms with E-state index in [4.69, 9.17) is 0 Å². The summed E-state index contributed by atoms with van der Waals surface area (Å²) in [5, 5.41) is 3.22. The Hall–Kier alpha value is -1.01. The summed E-state index contributed by atoms with van der Waals surface area (Å²) in [4.78, 5) is 39.5. The summed E-state index contributed by atoms with van der Waals surface area (Å²) < 4.78 is 0. The van der Waals surface area contributed by atoms with Crippen LogP contribution in [0, 0.1) is 16.7 Å². The van der Waals surface area contributed by atoms with Gasteiger partial charge in [-0.1, -0.05) is 41.5 Å². The molecule has 1 rings (SSSR count). The molecule has 0 amide bonds. The largest absolute Gasteiger partial charge is 0.341 e. The minimum Gasteiger partial charge on any atom is -0.341 e. The maximum absolute atomic E-state index is 13.4. The third kappa shape index (κ3) is 6.49. The Balaban J connectivity index is 3.14. The summed E-state index contributed by atoms with van der Waals surface area (Å²) in [6, 6.07) is 0. The number of rotatable bonds is 9. The molecule has 3 atom stereocenters. The molecule has 1 aliphatic rings. The SMILES string of the molecule is CCC(C)(NBC(=O)C(C)(CC)N1CC(C=O)CC(C)(C)CC(C)(C)C1)C(C)=O. The number of nitrogens with zero attached hydrogens (tertiary/aromatic N) is 1. The summed E-state index contributed by atoms with van der Waals surface area (Å²) >= 11 is 0. The Morgan fingerprint density at radius 3 is 2.17 bits per heavy atom. The van der Waals surface area contributed by atoms with Gasteiger partial charge in [0.05, 0.1) is 11.1 Å². The molecular formula is C23H43BN2O3. The summed E-state index contributed by atoms with van der Waals surface area (Å²) in [7, 11) is 0.155. The average Bonchev–Trinajstić information content (AvgIpc) is 2.61. The normalized spacial score (nSPS) is 26.3. The quantitative estimate of drug-likeness (QED) is 0.470. The van der Waals surface area contributed by atoms with Crippen molar-refractivity contribution in [3.63, 3.8) is 0 Å². The first-order valence-electron chi connectivity index (χ1n) is 11.1. The second-order valence-corrected chi connectivity index (χ2v) is 11.1. The van der Waals surface area contributed by atoms with Crippen molar-refractivity contribution in [3.05, 3.63) is 0 Å². The van der Waals surface area contributed by atoms with E-state index >= 15 is 0 Å². The first-order chi connectivity index (χ1) is 13.1. The van der Waals surface area contributed by atoms with Crippen LogP contribution in [0.1, 0.15) is 88.0 Å². The van der Waals surface area contributed by atoms with E-state index in [2.05, 4.69) is 37.8 Å². The Bertz CT molecular complexity index is 619. The van der Waals surface area contributed by atoms with E-state index in [9.17, 15) is 14.4 Å². The average molecular weight is 406 g/mol. The van der Waals surface area contributed by atoms with Crippen LogP contribution in [-0.2, 0) is 14.4 Å². The van der Waals surface area contributed by atoms with Crippen LogP contribution in [-0.4, -0.2) is 54.2 Å². The zero-order valence-corrected chi connectivity index (χ0v) is 20.3. The molecule has 3 unspecified atom stereocenters. The molecule has 0 aromatic carbocycles. The second kappa shape index (κ2) is 9.42. The molecule has 166 valence electrons. The minimum absolute atomic E-state index is 0.0405. The van der Waals surface area contributed by atoms with Gasteiger partial charge in [0, 0.05) is 19.0 Å². The van der Waals surface area contributed by atoms with E-state index < -0.39 is 11.1 Å². The van der Waals surface area contributed by atoms with Gasteiger partial charge < -0.3 is 14.8 Å².